The fraction of sp³-hybridized carbons (Fsp3) is 0.375. The van der Waals surface area contributed by atoms with Gasteiger partial charge in [0.1, 0.15) is 23.9 Å². The first-order valence-corrected chi connectivity index (χ1v) is 6.74. The largest absolute Gasteiger partial charge is 0.519 e. The molecule has 1 atom stereocenters. The smallest absolute Gasteiger partial charge is 0.465 e. The summed E-state index contributed by atoms with van der Waals surface area (Å²) in [5, 5.41) is 9.80. The monoisotopic (exact) mass is 290 g/mol. The number of nitrogens with zero attached hydrogens (tertiary/aromatic N) is 1. The van der Waals surface area contributed by atoms with E-state index >= 15 is 0 Å². The average molecular weight is 290 g/mol. The van der Waals surface area contributed by atoms with E-state index < -0.39 is 17.6 Å². The molecule has 1 unspecified atom stereocenters. The molecule has 0 spiro atoms. The zero-order valence-corrected chi connectivity index (χ0v) is 12.7. The van der Waals surface area contributed by atoms with Gasteiger partial charge in [0.15, 0.2) is 0 Å². The fourth-order valence-corrected chi connectivity index (χ4v) is 2.64. The zero-order valence-electron chi connectivity index (χ0n) is 12.7. The van der Waals surface area contributed by atoms with Crippen LogP contribution in [0.1, 0.15) is 31.9 Å². The third-order valence-corrected chi connectivity index (χ3v) is 4.02. The Balaban J connectivity index is 2.73. The number of rotatable bonds is 1. The van der Waals surface area contributed by atoms with Crippen LogP contribution in [0.3, 0.4) is 0 Å². The second kappa shape index (κ2) is 5.00. The third-order valence-electron chi connectivity index (χ3n) is 4.02. The molecule has 1 aliphatic rings. The first-order chi connectivity index (χ1) is 9.73. The molecule has 0 saturated carbocycles. The molecule has 1 N–H and O–H groups in total. The Morgan fingerprint density at radius 2 is 1.86 bits per heavy atom. The Bertz CT molecular complexity index is 627. The fourth-order valence-electron chi connectivity index (χ4n) is 2.64. The number of ether oxygens (including phenoxy) is 1. The summed E-state index contributed by atoms with van der Waals surface area (Å²) in [6, 6.07) is 7.34. The van der Waals surface area contributed by atoms with Crippen molar-refractivity contribution in [1.82, 2.24) is 0 Å². The van der Waals surface area contributed by atoms with Crippen molar-refractivity contribution in [2.24, 2.45) is 0 Å². The Morgan fingerprint density at radius 1 is 1.24 bits per heavy atom. The number of methoxy groups -OCH3 is 1. The van der Waals surface area contributed by atoms with E-state index in [0.29, 0.717) is 12.1 Å². The maximum atomic E-state index is 12.1. The number of carbonyl (C=O) groups is 2. The van der Waals surface area contributed by atoms with E-state index in [1.54, 1.807) is 0 Å². The molecule has 0 bridgehead atoms. The molecule has 1 aliphatic heterocycles. The molecule has 112 valence electrons. The molecule has 0 aliphatic carbocycles. The minimum absolute atomic E-state index is 0.301. The Kier molecular flexibility index (Phi) is 3.63. The van der Waals surface area contributed by atoms with E-state index in [9.17, 15) is 14.7 Å². The lowest BCUT2D eigenvalue weighted by molar-refractivity contribution is -0.868. The van der Waals surface area contributed by atoms with Gasteiger partial charge < -0.3 is 9.84 Å². The molecular weight excluding hydrogens is 270 g/mol. The number of amides is 1. The van der Waals surface area contributed by atoms with Crippen LogP contribution in [-0.2, 0) is 16.1 Å². The molecule has 1 heterocycles. The summed E-state index contributed by atoms with van der Waals surface area (Å²) in [6.45, 7) is 5.84. The minimum atomic E-state index is -0.988. The van der Waals surface area contributed by atoms with Crippen molar-refractivity contribution in [3.05, 3.63) is 41.6 Å². The minimum Gasteiger partial charge on any atom is -0.465 e. The van der Waals surface area contributed by atoms with Crippen LogP contribution in [0.4, 0.5) is 4.79 Å². The lowest BCUT2D eigenvalue weighted by atomic mass is 9.91. The number of hydrogen-bond acceptors (Lipinski definition) is 3. The average Bonchev–Trinajstić information content (AvgIpc) is 2.43. The summed E-state index contributed by atoms with van der Waals surface area (Å²) >= 11 is 0. The number of hydrogen-bond donors (Lipinski definition) is 1. The quantitative estimate of drug-likeness (QED) is 0.638. The van der Waals surface area contributed by atoms with Crippen molar-refractivity contribution in [3.63, 3.8) is 0 Å². The maximum absolute atomic E-state index is 12.1. The van der Waals surface area contributed by atoms with Crippen LogP contribution >= 0.6 is 0 Å². The Labute approximate surface area is 124 Å². The van der Waals surface area contributed by atoms with Crippen LogP contribution in [0.2, 0.25) is 0 Å². The van der Waals surface area contributed by atoms with Gasteiger partial charge in [-0.25, -0.2) is 4.79 Å². The molecule has 5 heteroatoms. The van der Waals surface area contributed by atoms with Crippen molar-refractivity contribution >= 4 is 17.6 Å². The summed E-state index contributed by atoms with van der Waals surface area (Å²) in [6.07, 6.45) is 0.523. The predicted octanol–water partition coefficient (Wildman–Crippen LogP) is 3.01. The van der Waals surface area contributed by atoms with E-state index in [1.165, 1.54) is 13.3 Å². The molecule has 0 aromatic heterocycles. The van der Waals surface area contributed by atoms with Crippen LogP contribution in [0.25, 0.3) is 5.57 Å². The van der Waals surface area contributed by atoms with E-state index in [0.717, 1.165) is 11.1 Å². The van der Waals surface area contributed by atoms with Gasteiger partial charge in [-0.15, -0.1) is 0 Å². The summed E-state index contributed by atoms with van der Waals surface area (Å²) < 4.78 is 4.48. The molecular formula is C16H20NO4+. The normalized spacial score (nSPS) is 21.2. The van der Waals surface area contributed by atoms with Crippen LogP contribution in [0.5, 0.6) is 0 Å². The van der Waals surface area contributed by atoms with E-state index in [-0.39, 0.29) is 4.48 Å². The van der Waals surface area contributed by atoms with E-state index in [1.807, 2.05) is 45.0 Å². The Hall–Kier alpha value is -2.14. The second-order valence-electron chi connectivity index (χ2n) is 6.17. The lowest BCUT2D eigenvalue weighted by Crippen LogP contribution is -2.60. The molecule has 0 radical (unpaired) electrons. The number of carbonyl (C=O) groups excluding carboxylic acids is 1. The van der Waals surface area contributed by atoms with Crippen molar-refractivity contribution in [3.8, 4) is 0 Å². The summed E-state index contributed by atoms with van der Waals surface area (Å²) in [7, 11) is 1.30. The van der Waals surface area contributed by atoms with Gasteiger partial charge in [0.2, 0.25) is 0 Å². The number of esters is 1. The van der Waals surface area contributed by atoms with E-state index in [2.05, 4.69) is 0 Å². The number of fused-ring (bicyclic) bond motifs is 1. The van der Waals surface area contributed by atoms with Gasteiger partial charge in [0.25, 0.3) is 0 Å². The van der Waals surface area contributed by atoms with Crippen molar-refractivity contribution in [1.29, 1.82) is 0 Å². The molecule has 2 rings (SSSR count). The summed E-state index contributed by atoms with van der Waals surface area (Å²) in [5.41, 5.74) is 1.27. The van der Waals surface area contributed by atoms with Crippen molar-refractivity contribution < 1.29 is 23.9 Å². The highest BCUT2D eigenvalue weighted by molar-refractivity contribution is 6.16. The van der Waals surface area contributed by atoms with E-state index in [4.69, 9.17) is 4.74 Å². The van der Waals surface area contributed by atoms with Gasteiger partial charge in [0, 0.05) is 11.1 Å². The van der Waals surface area contributed by atoms with Gasteiger partial charge in [-0.2, -0.15) is 9.28 Å². The Morgan fingerprint density at radius 3 is 2.38 bits per heavy atom. The molecule has 0 fully saturated rings. The SMILES string of the molecule is COC(=O)C1=C[N+](C(=O)O)(C(C)(C)C)Cc2ccccc21. The van der Waals surface area contributed by atoms with Crippen LogP contribution in [0.15, 0.2) is 30.5 Å². The first-order valence-electron chi connectivity index (χ1n) is 6.74. The highest BCUT2D eigenvalue weighted by Crippen LogP contribution is 2.38. The zero-order chi connectivity index (χ0) is 15.8. The van der Waals surface area contributed by atoms with Crippen LogP contribution in [0, 0.1) is 0 Å². The van der Waals surface area contributed by atoms with Crippen molar-refractivity contribution in [2.45, 2.75) is 32.9 Å². The molecule has 21 heavy (non-hydrogen) atoms. The maximum Gasteiger partial charge on any atom is 0.519 e. The second-order valence-corrected chi connectivity index (χ2v) is 6.17. The van der Waals surface area contributed by atoms with Crippen molar-refractivity contribution in [2.75, 3.05) is 7.11 Å². The van der Waals surface area contributed by atoms with Crippen LogP contribution < -0.4 is 0 Å². The molecule has 5 nitrogen and oxygen atoms in total. The van der Waals surface area contributed by atoms with Crippen LogP contribution in [-0.4, -0.2) is 34.3 Å². The van der Waals surface area contributed by atoms with Gasteiger partial charge in [-0.3, -0.25) is 0 Å². The number of carboxylic acid groups (broad SMARTS) is 1. The first kappa shape index (κ1) is 15.3. The number of quaternary nitrogens is 1. The highest BCUT2D eigenvalue weighted by Gasteiger charge is 2.50. The molecule has 1 aromatic rings. The van der Waals surface area contributed by atoms with Gasteiger partial charge in [-0.1, -0.05) is 24.3 Å². The third kappa shape index (κ3) is 2.34. The topological polar surface area (TPSA) is 63.6 Å². The standard InChI is InChI=1S/C16H19NO4/c1-16(2,3)17(15(19)20)9-11-7-5-6-8-12(11)13(10-17)14(18)21-4/h5-8,10H,9H2,1-4H3/p+1. The van der Waals surface area contributed by atoms with Gasteiger partial charge in [0.05, 0.1) is 7.11 Å². The van der Waals surface area contributed by atoms with Gasteiger partial charge in [-0.05, 0) is 20.8 Å². The number of benzene rings is 1. The molecule has 0 saturated heterocycles. The predicted molar refractivity (Wildman–Crippen MR) is 78.2 cm³/mol. The molecule has 1 amide bonds. The lowest BCUT2D eigenvalue weighted by Gasteiger charge is -2.43. The summed E-state index contributed by atoms with van der Waals surface area (Å²) in [4.78, 5) is 24.0. The highest BCUT2D eigenvalue weighted by atomic mass is 16.5. The molecule has 1 aromatic carbocycles. The van der Waals surface area contributed by atoms with Gasteiger partial charge >= 0.3 is 12.1 Å². The summed E-state index contributed by atoms with van der Waals surface area (Å²) in [5.74, 6) is -0.518.